The first-order valence-corrected chi connectivity index (χ1v) is 10.4. The number of benzene rings is 3. The first-order chi connectivity index (χ1) is 15.5. The maximum atomic E-state index is 13.2. The van der Waals surface area contributed by atoms with E-state index in [1.165, 1.54) is 0 Å². The molecule has 0 radical (unpaired) electrons. The topological polar surface area (TPSA) is 74.4 Å². The van der Waals surface area contributed by atoms with E-state index in [0.29, 0.717) is 17.0 Å². The molecular formula is C26H25N3O3. The Kier molecular flexibility index (Phi) is 6.22. The van der Waals surface area contributed by atoms with Gasteiger partial charge in [0.1, 0.15) is 5.75 Å². The van der Waals surface area contributed by atoms with E-state index in [9.17, 15) is 9.59 Å². The summed E-state index contributed by atoms with van der Waals surface area (Å²) in [5, 5.41) is 3.85. The Morgan fingerprint density at radius 3 is 2.44 bits per heavy atom. The number of nitrogens with zero attached hydrogens (tertiary/aromatic N) is 1. The Bertz CT molecular complexity index is 1300. The molecule has 0 atom stereocenters. The number of fused-ring (bicyclic) bond motifs is 1. The molecule has 4 aromatic rings. The van der Waals surface area contributed by atoms with Crippen LogP contribution in [-0.4, -0.2) is 23.0 Å². The first-order valence-electron chi connectivity index (χ1n) is 10.4. The summed E-state index contributed by atoms with van der Waals surface area (Å²) in [7, 11) is 1.60. The summed E-state index contributed by atoms with van der Waals surface area (Å²) >= 11 is 0. The zero-order valence-corrected chi connectivity index (χ0v) is 18.1. The lowest BCUT2D eigenvalue weighted by Crippen LogP contribution is -2.35. The summed E-state index contributed by atoms with van der Waals surface area (Å²) in [5.41, 5.74) is 3.66. The number of carbonyl (C=O) groups is 1. The van der Waals surface area contributed by atoms with Crippen LogP contribution in [-0.2, 0) is 13.1 Å². The Morgan fingerprint density at radius 2 is 1.66 bits per heavy atom. The number of anilines is 1. The van der Waals surface area contributed by atoms with Crippen LogP contribution in [0.4, 0.5) is 10.5 Å². The Hall–Kier alpha value is -4.06. The second-order valence-corrected chi connectivity index (χ2v) is 7.63. The number of pyridine rings is 1. The highest BCUT2D eigenvalue weighted by Gasteiger charge is 2.19. The van der Waals surface area contributed by atoms with Crippen LogP contribution < -0.4 is 15.6 Å². The van der Waals surface area contributed by atoms with Crippen LogP contribution in [0.3, 0.4) is 0 Å². The summed E-state index contributed by atoms with van der Waals surface area (Å²) in [6.45, 7) is 2.39. The van der Waals surface area contributed by atoms with Crippen LogP contribution in [0.25, 0.3) is 10.9 Å². The van der Waals surface area contributed by atoms with Crippen molar-refractivity contribution in [3.63, 3.8) is 0 Å². The van der Waals surface area contributed by atoms with Gasteiger partial charge in [-0.1, -0.05) is 54.6 Å². The minimum atomic E-state index is -0.300. The number of nitrogens with one attached hydrogen (secondary N) is 2. The number of aryl methyl sites for hydroxylation is 1. The van der Waals surface area contributed by atoms with Gasteiger partial charge in [-0.05, 0) is 42.1 Å². The molecular weight excluding hydrogens is 402 g/mol. The molecule has 6 heteroatoms. The molecule has 0 fully saturated rings. The zero-order valence-electron chi connectivity index (χ0n) is 18.1. The maximum Gasteiger partial charge on any atom is 0.322 e. The molecule has 6 nitrogen and oxygen atoms in total. The summed E-state index contributed by atoms with van der Waals surface area (Å²) in [6.07, 6.45) is 0. The number of aromatic amines is 1. The minimum Gasteiger partial charge on any atom is -0.496 e. The Balaban J connectivity index is 1.68. The normalized spacial score (nSPS) is 10.7. The van der Waals surface area contributed by atoms with Gasteiger partial charge in [-0.3, -0.25) is 4.79 Å². The zero-order chi connectivity index (χ0) is 22.5. The molecule has 32 heavy (non-hydrogen) atoms. The molecule has 0 bridgehead atoms. The summed E-state index contributed by atoms with van der Waals surface area (Å²) in [4.78, 5) is 30.6. The smallest absolute Gasteiger partial charge is 0.322 e. The lowest BCUT2D eigenvalue weighted by atomic mass is 10.1. The van der Waals surface area contributed by atoms with Crippen molar-refractivity contribution >= 4 is 22.6 Å². The van der Waals surface area contributed by atoms with Crippen molar-refractivity contribution in [3.05, 3.63) is 106 Å². The van der Waals surface area contributed by atoms with Crippen LogP contribution in [0.5, 0.6) is 5.75 Å². The SMILES string of the molecule is COc1ccccc1CN(Cc1cc2cccc(C)c2[nH]c1=O)C(=O)Nc1ccccc1. The number of ether oxygens (including phenoxy) is 1. The second kappa shape index (κ2) is 9.39. The molecule has 162 valence electrons. The first kappa shape index (κ1) is 21.2. The minimum absolute atomic E-state index is 0.149. The molecule has 0 unspecified atom stereocenters. The van der Waals surface area contributed by atoms with Gasteiger partial charge in [-0.25, -0.2) is 4.79 Å². The predicted octanol–water partition coefficient (Wildman–Crippen LogP) is 5.08. The molecule has 0 aliphatic heterocycles. The van der Waals surface area contributed by atoms with Crippen molar-refractivity contribution in [3.8, 4) is 5.75 Å². The van der Waals surface area contributed by atoms with E-state index >= 15 is 0 Å². The number of urea groups is 1. The van der Waals surface area contributed by atoms with Gasteiger partial charge >= 0.3 is 6.03 Å². The number of methoxy groups -OCH3 is 1. The van der Waals surface area contributed by atoms with Gasteiger partial charge in [0.2, 0.25) is 0 Å². The highest BCUT2D eigenvalue weighted by atomic mass is 16.5. The van der Waals surface area contributed by atoms with Gasteiger partial charge in [0, 0.05) is 16.8 Å². The number of hydrogen-bond donors (Lipinski definition) is 2. The highest BCUT2D eigenvalue weighted by Crippen LogP contribution is 2.22. The number of aromatic nitrogens is 1. The molecule has 3 aromatic carbocycles. The van der Waals surface area contributed by atoms with Crippen molar-refractivity contribution in [2.75, 3.05) is 12.4 Å². The third kappa shape index (κ3) is 4.64. The van der Waals surface area contributed by atoms with E-state index < -0.39 is 0 Å². The fraction of sp³-hybridized carbons (Fsp3) is 0.154. The lowest BCUT2D eigenvalue weighted by Gasteiger charge is -2.24. The van der Waals surface area contributed by atoms with E-state index in [1.807, 2.05) is 85.8 Å². The number of H-pyrrole nitrogens is 1. The molecule has 2 N–H and O–H groups in total. The van der Waals surface area contributed by atoms with Crippen molar-refractivity contribution < 1.29 is 9.53 Å². The number of hydrogen-bond acceptors (Lipinski definition) is 3. The molecule has 0 saturated heterocycles. The van der Waals surface area contributed by atoms with Crippen molar-refractivity contribution in [1.29, 1.82) is 0 Å². The molecule has 0 aliphatic rings. The van der Waals surface area contributed by atoms with E-state index in [1.54, 1.807) is 12.0 Å². The fourth-order valence-corrected chi connectivity index (χ4v) is 3.71. The number of rotatable bonds is 6. The van der Waals surface area contributed by atoms with Crippen molar-refractivity contribution in [1.82, 2.24) is 9.88 Å². The number of amides is 2. The number of carbonyl (C=O) groups excluding carboxylic acids is 1. The quantitative estimate of drug-likeness (QED) is 0.451. The van der Waals surface area contributed by atoms with E-state index in [4.69, 9.17) is 4.74 Å². The van der Waals surface area contributed by atoms with Gasteiger partial charge in [-0.15, -0.1) is 0 Å². The van der Waals surface area contributed by atoms with E-state index in [-0.39, 0.29) is 24.7 Å². The van der Waals surface area contributed by atoms with Gasteiger partial charge in [-0.2, -0.15) is 0 Å². The molecule has 4 rings (SSSR count). The van der Waals surface area contributed by atoms with E-state index in [2.05, 4.69) is 10.3 Å². The van der Waals surface area contributed by atoms with E-state index in [0.717, 1.165) is 22.0 Å². The molecule has 0 spiro atoms. The average molecular weight is 428 g/mol. The monoisotopic (exact) mass is 427 g/mol. The largest absolute Gasteiger partial charge is 0.496 e. The predicted molar refractivity (Wildman–Crippen MR) is 127 cm³/mol. The molecule has 0 aliphatic carbocycles. The van der Waals surface area contributed by atoms with Gasteiger partial charge in [0.05, 0.1) is 25.7 Å². The van der Waals surface area contributed by atoms with Crippen LogP contribution in [0, 0.1) is 6.92 Å². The molecule has 1 aromatic heterocycles. The highest BCUT2D eigenvalue weighted by molar-refractivity contribution is 5.89. The van der Waals surface area contributed by atoms with Gasteiger partial charge < -0.3 is 19.9 Å². The summed E-state index contributed by atoms with van der Waals surface area (Å²) in [5.74, 6) is 0.688. The van der Waals surface area contributed by atoms with Crippen LogP contribution >= 0.6 is 0 Å². The van der Waals surface area contributed by atoms with Crippen molar-refractivity contribution in [2.24, 2.45) is 0 Å². The number of para-hydroxylation sites is 3. The summed E-state index contributed by atoms with van der Waals surface area (Å²) in [6, 6.07) is 24.2. The average Bonchev–Trinajstić information content (AvgIpc) is 2.80. The van der Waals surface area contributed by atoms with Crippen LogP contribution in [0.2, 0.25) is 0 Å². The van der Waals surface area contributed by atoms with Gasteiger partial charge in [0.25, 0.3) is 5.56 Å². The van der Waals surface area contributed by atoms with Gasteiger partial charge in [0.15, 0.2) is 0 Å². The Labute approximate surface area is 186 Å². The third-order valence-electron chi connectivity index (χ3n) is 5.39. The second-order valence-electron chi connectivity index (χ2n) is 7.63. The summed E-state index contributed by atoms with van der Waals surface area (Å²) < 4.78 is 5.46. The Morgan fingerprint density at radius 1 is 0.938 bits per heavy atom. The molecule has 0 saturated carbocycles. The van der Waals surface area contributed by atoms with Crippen LogP contribution in [0.15, 0.2) is 83.7 Å². The van der Waals surface area contributed by atoms with Crippen molar-refractivity contribution in [2.45, 2.75) is 20.0 Å². The van der Waals surface area contributed by atoms with Crippen LogP contribution in [0.1, 0.15) is 16.7 Å². The third-order valence-corrected chi connectivity index (χ3v) is 5.39. The molecule has 2 amide bonds. The lowest BCUT2D eigenvalue weighted by molar-refractivity contribution is 0.205. The standard InChI is InChI=1S/C26H25N3O3/c1-18-9-8-11-19-15-21(25(30)28-24(18)19)17-29(16-20-10-6-7-14-23(20)32-2)26(31)27-22-12-4-3-5-13-22/h3-15H,16-17H2,1-2H3,(H,27,31)(H,28,30). The molecule has 1 heterocycles. The maximum absolute atomic E-state index is 13.2. The fourth-order valence-electron chi connectivity index (χ4n) is 3.71.